The van der Waals surface area contributed by atoms with Gasteiger partial charge in [-0.3, -0.25) is 4.79 Å². The van der Waals surface area contributed by atoms with E-state index in [1.165, 1.54) is 22.5 Å². The molecule has 2 nitrogen and oxygen atoms in total. The maximum atomic E-state index is 12.4. The van der Waals surface area contributed by atoms with Crippen molar-refractivity contribution in [3.05, 3.63) is 64.2 Å². The second-order valence-corrected chi connectivity index (χ2v) is 5.64. The van der Waals surface area contributed by atoms with Gasteiger partial charge in [-0.05, 0) is 31.0 Å². The van der Waals surface area contributed by atoms with Crippen molar-refractivity contribution in [2.75, 3.05) is 0 Å². The number of benzene rings is 2. The molecule has 0 unspecified atom stereocenters. The van der Waals surface area contributed by atoms with Crippen LogP contribution in [0.3, 0.4) is 0 Å². The van der Waals surface area contributed by atoms with Crippen molar-refractivity contribution < 1.29 is 4.79 Å². The van der Waals surface area contributed by atoms with Gasteiger partial charge in [0.15, 0.2) is 5.01 Å². The van der Waals surface area contributed by atoms with E-state index in [9.17, 15) is 4.79 Å². The molecule has 0 aliphatic heterocycles. The van der Waals surface area contributed by atoms with Crippen molar-refractivity contribution in [3.63, 3.8) is 0 Å². The molecule has 0 atom stereocenters. The summed E-state index contributed by atoms with van der Waals surface area (Å²) in [6.07, 6.45) is 0. The van der Waals surface area contributed by atoms with E-state index in [-0.39, 0.29) is 5.78 Å². The van der Waals surface area contributed by atoms with Crippen molar-refractivity contribution in [1.82, 2.24) is 4.98 Å². The first-order valence-electron chi connectivity index (χ1n) is 6.12. The largest absolute Gasteiger partial charge is 0.286 e. The first-order valence-corrected chi connectivity index (χ1v) is 6.94. The average Bonchev–Trinajstić information content (AvgIpc) is 2.83. The van der Waals surface area contributed by atoms with Crippen molar-refractivity contribution in [2.24, 2.45) is 0 Å². The second-order valence-electron chi connectivity index (χ2n) is 4.64. The molecular weight excluding hydrogens is 254 g/mol. The summed E-state index contributed by atoms with van der Waals surface area (Å²) in [5, 5.41) is 0.565. The average molecular weight is 267 g/mol. The fourth-order valence-corrected chi connectivity index (χ4v) is 3.16. The van der Waals surface area contributed by atoms with Crippen LogP contribution in [-0.4, -0.2) is 10.8 Å². The lowest BCUT2D eigenvalue weighted by atomic mass is 10.1. The fraction of sp³-hybridized carbons (Fsp3) is 0.125. The van der Waals surface area contributed by atoms with Crippen molar-refractivity contribution in [3.8, 4) is 0 Å². The molecule has 3 rings (SSSR count). The van der Waals surface area contributed by atoms with Gasteiger partial charge in [0, 0.05) is 5.56 Å². The number of hydrogen-bond donors (Lipinski definition) is 0. The summed E-state index contributed by atoms with van der Waals surface area (Å²) in [6, 6.07) is 13.4. The number of nitrogens with zero attached hydrogens (tertiary/aromatic N) is 1. The Kier molecular flexibility index (Phi) is 2.91. The van der Waals surface area contributed by atoms with E-state index < -0.39 is 0 Å². The quantitative estimate of drug-likeness (QED) is 0.653. The Hall–Kier alpha value is -2.00. The van der Waals surface area contributed by atoms with E-state index in [2.05, 4.69) is 18.0 Å². The van der Waals surface area contributed by atoms with Gasteiger partial charge in [0.1, 0.15) is 0 Å². The van der Waals surface area contributed by atoms with Gasteiger partial charge in [0.2, 0.25) is 5.78 Å². The molecule has 2 aromatic carbocycles. The van der Waals surface area contributed by atoms with Crippen LogP contribution in [0.1, 0.15) is 26.5 Å². The summed E-state index contributed by atoms with van der Waals surface area (Å²) >= 11 is 1.47. The van der Waals surface area contributed by atoms with Gasteiger partial charge < -0.3 is 0 Å². The van der Waals surface area contributed by atoms with Gasteiger partial charge in [-0.1, -0.05) is 36.4 Å². The Morgan fingerprint density at radius 3 is 2.58 bits per heavy atom. The molecule has 0 fully saturated rings. The smallest absolute Gasteiger partial charge is 0.221 e. The minimum Gasteiger partial charge on any atom is -0.286 e. The SMILES string of the molecule is Cc1cc(C)c2sc(C(=O)c3ccccc3)nc2c1. The van der Waals surface area contributed by atoms with Gasteiger partial charge in [-0.15, -0.1) is 11.3 Å². The Labute approximate surface area is 115 Å². The van der Waals surface area contributed by atoms with Gasteiger partial charge in [0.25, 0.3) is 0 Å². The molecule has 0 saturated heterocycles. The third kappa shape index (κ3) is 2.17. The summed E-state index contributed by atoms with van der Waals surface area (Å²) in [6.45, 7) is 4.11. The topological polar surface area (TPSA) is 30.0 Å². The number of fused-ring (bicyclic) bond motifs is 1. The highest BCUT2D eigenvalue weighted by Gasteiger charge is 2.15. The highest BCUT2D eigenvalue weighted by atomic mass is 32.1. The Balaban J connectivity index is 2.12. The summed E-state index contributed by atoms with van der Waals surface area (Å²) in [4.78, 5) is 16.8. The number of aromatic nitrogens is 1. The minimum atomic E-state index is -0.00106. The van der Waals surface area contributed by atoms with Crippen molar-refractivity contribution in [1.29, 1.82) is 0 Å². The zero-order valence-corrected chi connectivity index (χ0v) is 11.6. The Morgan fingerprint density at radius 1 is 1.11 bits per heavy atom. The predicted octanol–water partition coefficient (Wildman–Crippen LogP) is 4.14. The van der Waals surface area contributed by atoms with Gasteiger partial charge in [-0.2, -0.15) is 0 Å². The van der Waals surface area contributed by atoms with Crippen molar-refractivity contribution >= 4 is 27.3 Å². The highest BCUT2D eigenvalue weighted by molar-refractivity contribution is 7.20. The maximum absolute atomic E-state index is 12.4. The van der Waals surface area contributed by atoms with Gasteiger partial charge in [0.05, 0.1) is 10.2 Å². The number of rotatable bonds is 2. The lowest BCUT2D eigenvalue weighted by Gasteiger charge is -1.95. The van der Waals surface area contributed by atoms with E-state index in [0.717, 1.165) is 10.2 Å². The molecule has 0 aliphatic rings. The molecule has 19 heavy (non-hydrogen) atoms. The van der Waals surface area contributed by atoms with Crippen LogP contribution in [0, 0.1) is 13.8 Å². The Bertz CT molecular complexity index is 759. The molecule has 0 bridgehead atoms. The zero-order chi connectivity index (χ0) is 13.4. The lowest BCUT2D eigenvalue weighted by molar-refractivity contribution is 0.103. The standard InChI is InChI=1S/C16H13NOS/c1-10-8-11(2)15-13(9-10)17-16(19-15)14(18)12-6-4-3-5-7-12/h3-9H,1-2H3. The monoisotopic (exact) mass is 267 g/mol. The molecule has 0 radical (unpaired) electrons. The third-order valence-electron chi connectivity index (χ3n) is 3.05. The molecule has 0 saturated carbocycles. The molecule has 94 valence electrons. The molecule has 0 amide bonds. The van der Waals surface area contributed by atoms with E-state index in [4.69, 9.17) is 0 Å². The summed E-state index contributed by atoms with van der Waals surface area (Å²) in [5.41, 5.74) is 3.96. The van der Waals surface area contributed by atoms with Crippen LogP contribution in [0.15, 0.2) is 42.5 Å². The lowest BCUT2D eigenvalue weighted by Crippen LogP contribution is -1.99. The van der Waals surface area contributed by atoms with E-state index in [1.54, 1.807) is 0 Å². The third-order valence-corrected chi connectivity index (χ3v) is 4.26. The molecule has 0 N–H and O–H groups in total. The molecule has 3 heteroatoms. The van der Waals surface area contributed by atoms with E-state index >= 15 is 0 Å². The number of aryl methyl sites for hydroxylation is 2. The predicted molar refractivity (Wildman–Crippen MR) is 79.0 cm³/mol. The van der Waals surface area contributed by atoms with Crippen LogP contribution in [0.25, 0.3) is 10.2 Å². The molecule has 1 heterocycles. The summed E-state index contributed by atoms with van der Waals surface area (Å²) in [7, 11) is 0. The zero-order valence-electron chi connectivity index (χ0n) is 10.8. The first kappa shape index (κ1) is 12.1. The fourth-order valence-electron chi connectivity index (χ4n) is 2.19. The molecule has 1 aromatic heterocycles. The van der Waals surface area contributed by atoms with Crippen molar-refractivity contribution in [2.45, 2.75) is 13.8 Å². The normalized spacial score (nSPS) is 10.8. The number of ketones is 1. The number of carbonyl (C=O) groups is 1. The van der Waals surface area contributed by atoms with Crippen LogP contribution in [0.4, 0.5) is 0 Å². The summed E-state index contributed by atoms with van der Waals surface area (Å²) in [5.74, 6) is -0.00106. The molecule has 0 spiro atoms. The molecular formula is C16H13NOS. The highest BCUT2D eigenvalue weighted by Crippen LogP contribution is 2.28. The maximum Gasteiger partial charge on any atom is 0.221 e. The Morgan fingerprint density at radius 2 is 1.84 bits per heavy atom. The second kappa shape index (κ2) is 4.59. The molecule has 0 aliphatic carbocycles. The minimum absolute atomic E-state index is 0.00106. The van der Waals surface area contributed by atoms with Crippen LogP contribution >= 0.6 is 11.3 Å². The van der Waals surface area contributed by atoms with E-state index in [1.807, 2.05) is 43.3 Å². The number of carbonyl (C=O) groups excluding carboxylic acids is 1. The van der Waals surface area contributed by atoms with Crippen LogP contribution in [-0.2, 0) is 0 Å². The summed E-state index contributed by atoms with van der Waals surface area (Å²) < 4.78 is 1.10. The van der Waals surface area contributed by atoms with E-state index in [0.29, 0.717) is 10.6 Å². The van der Waals surface area contributed by atoms with Crippen LogP contribution in [0.2, 0.25) is 0 Å². The number of hydrogen-bond acceptors (Lipinski definition) is 3. The van der Waals surface area contributed by atoms with Crippen LogP contribution in [0.5, 0.6) is 0 Å². The molecule has 3 aromatic rings. The number of thiazole rings is 1. The first-order chi connectivity index (χ1) is 9.15. The van der Waals surface area contributed by atoms with Crippen LogP contribution < -0.4 is 0 Å². The van der Waals surface area contributed by atoms with Gasteiger partial charge in [-0.25, -0.2) is 4.98 Å². The van der Waals surface area contributed by atoms with Gasteiger partial charge >= 0.3 is 0 Å².